The van der Waals surface area contributed by atoms with Crippen molar-refractivity contribution in [2.45, 2.75) is 25.6 Å². The van der Waals surface area contributed by atoms with Crippen LogP contribution in [-0.4, -0.2) is 81.2 Å². The molecule has 4 amide bonds. The zero-order valence-corrected chi connectivity index (χ0v) is 19.6. The summed E-state index contributed by atoms with van der Waals surface area (Å²) in [6.07, 6.45) is -1.03. The smallest absolute Gasteiger partial charge is 0.408 e. The third-order valence-electron chi connectivity index (χ3n) is 5.25. The van der Waals surface area contributed by atoms with Crippen LogP contribution in [0.1, 0.15) is 33.0 Å². The number of nitrogens with two attached hydrogens (primary N) is 1. The number of alkyl carbamates (subject to hydrolysis) is 1. The van der Waals surface area contributed by atoms with Crippen LogP contribution in [0.15, 0.2) is 36.4 Å². The number of rotatable bonds is 10. The molecule has 1 aromatic heterocycles. The summed E-state index contributed by atoms with van der Waals surface area (Å²) in [6.45, 7) is 0.0877. The summed E-state index contributed by atoms with van der Waals surface area (Å²) in [5.74, 6) is -3.58. The first-order valence-corrected chi connectivity index (χ1v) is 11.1. The highest BCUT2D eigenvalue weighted by molar-refractivity contribution is 5.99. The highest BCUT2D eigenvalue weighted by Crippen LogP contribution is 2.14. The molecule has 0 saturated heterocycles. The van der Waals surface area contributed by atoms with Crippen molar-refractivity contribution in [1.82, 2.24) is 30.6 Å². The van der Waals surface area contributed by atoms with Gasteiger partial charge in [0.1, 0.15) is 18.3 Å². The van der Waals surface area contributed by atoms with E-state index < -0.39 is 48.3 Å². The molecule has 0 bridgehead atoms. The number of fused-ring (bicyclic) bond motifs is 1. The van der Waals surface area contributed by atoms with Crippen molar-refractivity contribution in [3.8, 4) is 0 Å². The molecule has 1 aliphatic rings. The number of carbonyl (C=O) groups is 5. The van der Waals surface area contributed by atoms with Gasteiger partial charge in [-0.3, -0.25) is 29.8 Å². The Morgan fingerprint density at radius 2 is 1.92 bits per heavy atom. The molecule has 0 unspecified atom stereocenters. The van der Waals surface area contributed by atoms with Crippen molar-refractivity contribution in [1.29, 1.82) is 5.41 Å². The van der Waals surface area contributed by atoms with E-state index in [2.05, 4.69) is 21.0 Å². The summed E-state index contributed by atoms with van der Waals surface area (Å²) in [6, 6.07) is 8.59. The number of hydrogen-bond donors (Lipinski definition) is 6. The van der Waals surface area contributed by atoms with Crippen LogP contribution < -0.4 is 21.7 Å². The minimum Gasteiger partial charge on any atom is -0.480 e. The summed E-state index contributed by atoms with van der Waals surface area (Å²) in [4.78, 5) is 61.9. The van der Waals surface area contributed by atoms with E-state index in [9.17, 15) is 29.1 Å². The molecule has 196 valence electrons. The first-order valence-electron chi connectivity index (χ1n) is 11.1. The Labute approximate surface area is 210 Å². The minimum absolute atomic E-state index is 0.0575. The summed E-state index contributed by atoms with van der Waals surface area (Å²) >= 11 is 0. The van der Waals surface area contributed by atoms with Crippen molar-refractivity contribution in [2.75, 3.05) is 19.6 Å². The van der Waals surface area contributed by atoms with Crippen molar-refractivity contribution >= 4 is 35.7 Å². The molecular formula is C22H26N8O7. The van der Waals surface area contributed by atoms with Crippen molar-refractivity contribution in [2.24, 2.45) is 5.73 Å². The molecular weight excluding hydrogens is 488 g/mol. The normalized spacial score (nSPS) is 13.2. The molecule has 0 aliphatic carbocycles. The third-order valence-corrected chi connectivity index (χ3v) is 5.25. The number of nitrogens with one attached hydrogen (secondary N) is 4. The predicted octanol–water partition coefficient (Wildman–Crippen LogP) is -1.15. The first kappa shape index (κ1) is 26.7. The van der Waals surface area contributed by atoms with Gasteiger partial charge in [0, 0.05) is 32.1 Å². The number of amides is 4. The number of nitrogens with zero attached hydrogens (tertiary/aromatic N) is 3. The third kappa shape index (κ3) is 7.51. The lowest BCUT2D eigenvalue weighted by molar-refractivity contribution is -0.139. The average molecular weight is 514 g/mol. The SMILES string of the molecule is N=C(N)NC(=O)CCN1CCn2nc(C(=O)NC[C@H](NC(=O)OCc3ccccc3)C(=O)O)cc2C1=O. The van der Waals surface area contributed by atoms with Crippen LogP contribution >= 0.6 is 0 Å². The molecule has 2 aromatic rings. The quantitative estimate of drug-likeness (QED) is 0.166. The molecule has 3 rings (SSSR count). The number of benzene rings is 1. The summed E-state index contributed by atoms with van der Waals surface area (Å²) in [7, 11) is 0. The van der Waals surface area contributed by atoms with Crippen LogP contribution in [0.3, 0.4) is 0 Å². The van der Waals surface area contributed by atoms with Crippen LogP contribution in [0, 0.1) is 5.41 Å². The molecule has 7 N–H and O–H groups in total. The van der Waals surface area contributed by atoms with Gasteiger partial charge in [-0.15, -0.1) is 0 Å². The topological polar surface area (TPSA) is 222 Å². The highest BCUT2D eigenvalue weighted by atomic mass is 16.5. The van der Waals surface area contributed by atoms with Gasteiger partial charge < -0.3 is 31.1 Å². The summed E-state index contributed by atoms with van der Waals surface area (Å²) in [5, 5.41) is 27.2. The number of aliphatic carboxylic acids is 1. The number of carboxylic acids is 1. The van der Waals surface area contributed by atoms with E-state index in [1.54, 1.807) is 30.3 Å². The number of hydrogen-bond acceptors (Lipinski definition) is 8. The van der Waals surface area contributed by atoms with Crippen LogP contribution in [-0.2, 0) is 27.5 Å². The zero-order valence-electron chi connectivity index (χ0n) is 19.6. The largest absolute Gasteiger partial charge is 0.480 e. The van der Waals surface area contributed by atoms with Gasteiger partial charge in [-0.05, 0) is 5.56 Å². The Balaban J connectivity index is 1.52. The monoisotopic (exact) mass is 514 g/mol. The van der Waals surface area contributed by atoms with Gasteiger partial charge in [-0.2, -0.15) is 5.10 Å². The van der Waals surface area contributed by atoms with Crippen LogP contribution in [0.2, 0.25) is 0 Å². The van der Waals surface area contributed by atoms with Crippen LogP contribution in [0.5, 0.6) is 0 Å². The number of carboxylic acid groups (broad SMARTS) is 1. The molecule has 15 heteroatoms. The Kier molecular flexibility index (Phi) is 8.75. The second-order valence-electron chi connectivity index (χ2n) is 7.95. The molecule has 37 heavy (non-hydrogen) atoms. The number of guanidine groups is 1. The van der Waals surface area contributed by atoms with Gasteiger partial charge in [-0.25, -0.2) is 9.59 Å². The summed E-state index contributed by atoms with van der Waals surface area (Å²) < 4.78 is 6.35. The fourth-order valence-corrected chi connectivity index (χ4v) is 3.40. The van der Waals surface area contributed by atoms with Crippen molar-refractivity contribution in [3.63, 3.8) is 0 Å². The van der Waals surface area contributed by atoms with Gasteiger partial charge in [0.25, 0.3) is 11.8 Å². The van der Waals surface area contributed by atoms with Gasteiger partial charge in [-0.1, -0.05) is 30.3 Å². The van der Waals surface area contributed by atoms with E-state index in [1.165, 1.54) is 15.6 Å². The first-order chi connectivity index (χ1) is 17.6. The maximum atomic E-state index is 12.7. The molecule has 1 aliphatic heterocycles. The standard InChI is InChI=1S/C22H26N8O7/c23-21(24)27-17(31)6-7-29-8-9-30-16(19(29)33)10-14(28-30)18(32)25-11-15(20(34)35)26-22(36)37-12-13-4-2-1-3-5-13/h1-5,10,15H,6-9,11-12H2,(H,25,32)(H,26,36)(H,34,35)(H4,23,24,27,31)/t15-/m0/s1. The molecule has 1 aromatic carbocycles. The zero-order chi connectivity index (χ0) is 26.9. The fraction of sp³-hybridized carbons (Fsp3) is 0.318. The highest BCUT2D eigenvalue weighted by Gasteiger charge is 2.29. The maximum Gasteiger partial charge on any atom is 0.408 e. The Hall–Kier alpha value is -4.95. The number of carbonyl (C=O) groups excluding carboxylic acids is 4. The van der Waals surface area contributed by atoms with Crippen LogP contribution in [0.4, 0.5) is 4.79 Å². The van der Waals surface area contributed by atoms with E-state index in [1.807, 2.05) is 0 Å². The van der Waals surface area contributed by atoms with E-state index >= 15 is 0 Å². The second kappa shape index (κ2) is 12.1. The lowest BCUT2D eigenvalue weighted by atomic mass is 10.2. The van der Waals surface area contributed by atoms with Gasteiger partial charge in [0.15, 0.2) is 11.7 Å². The summed E-state index contributed by atoms with van der Waals surface area (Å²) in [5.41, 5.74) is 5.83. The lowest BCUT2D eigenvalue weighted by Gasteiger charge is -2.27. The molecule has 0 fully saturated rings. The molecule has 0 spiro atoms. The maximum absolute atomic E-state index is 12.7. The number of aromatic nitrogens is 2. The molecule has 1 atom stereocenters. The predicted molar refractivity (Wildman–Crippen MR) is 126 cm³/mol. The molecule has 0 radical (unpaired) electrons. The number of ether oxygens (including phenoxy) is 1. The van der Waals surface area contributed by atoms with Crippen molar-refractivity contribution in [3.05, 3.63) is 53.3 Å². The van der Waals surface area contributed by atoms with E-state index in [0.29, 0.717) is 5.56 Å². The van der Waals surface area contributed by atoms with Crippen molar-refractivity contribution < 1.29 is 33.8 Å². The van der Waals surface area contributed by atoms with E-state index in [4.69, 9.17) is 15.9 Å². The molecule has 15 nitrogen and oxygen atoms in total. The lowest BCUT2D eigenvalue weighted by Crippen LogP contribution is -2.48. The molecule has 2 heterocycles. The Morgan fingerprint density at radius 1 is 1.19 bits per heavy atom. The van der Waals surface area contributed by atoms with Gasteiger partial charge in [0.05, 0.1) is 6.54 Å². The Morgan fingerprint density at radius 3 is 2.59 bits per heavy atom. The average Bonchev–Trinajstić information content (AvgIpc) is 3.30. The molecule has 0 saturated carbocycles. The van der Waals surface area contributed by atoms with E-state index in [-0.39, 0.29) is 44.0 Å². The van der Waals surface area contributed by atoms with E-state index in [0.717, 1.165) is 0 Å². The van der Waals surface area contributed by atoms with Crippen LogP contribution in [0.25, 0.3) is 0 Å². The minimum atomic E-state index is -1.47. The second-order valence-corrected chi connectivity index (χ2v) is 7.95. The van der Waals surface area contributed by atoms with Gasteiger partial charge in [0.2, 0.25) is 5.91 Å². The fourth-order valence-electron chi connectivity index (χ4n) is 3.40. The van der Waals surface area contributed by atoms with Gasteiger partial charge >= 0.3 is 12.1 Å². The Bertz CT molecular complexity index is 1200.